The van der Waals surface area contributed by atoms with Crippen LogP contribution in [0.4, 0.5) is 11.4 Å². The van der Waals surface area contributed by atoms with Crippen LogP contribution in [0.25, 0.3) is 5.70 Å². The Morgan fingerprint density at radius 2 is 1.75 bits per heavy atom. The van der Waals surface area contributed by atoms with Crippen molar-refractivity contribution in [3.63, 3.8) is 0 Å². The topological polar surface area (TPSA) is 24.1 Å². The lowest BCUT2D eigenvalue weighted by molar-refractivity contribution is 1.41. The molecule has 20 heavy (non-hydrogen) atoms. The van der Waals surface area contributed by atoms with E-state index in [1.807, 2.05) is 30.5 Å². The second-order valence-corrected chi connectivity index (χ2v) is 5.50. The lowest BCUT2D eigenvalue weighted by atomic mass is 10.1. The predicted octanol–water partition coefficient (Wildman–Crippen LogP) is 5.42. The first-order valence-corrected chi connectivity index (χ1v) is 7.82. The van der Waals surface area contributed by atoms with Crippen LogP contribution in [-0.4, -0.2) is 6.26 Å². The summed E-state index contributed by atoms with van der Waals surface area (Å²) in [4.78, 5) is 0. The van der Waals surface area contributed by atoms with E-state index >= 15 is 0 Å². The Morgan fingerprint density at radius 1 is 1.10 bits per heavy atom. The van der Waals surface area contributed by atoms with Gasteiger partial charge in [-0.2, -0.15) is 0 Å². The minimum atomic E-state index is 0.725. The van der Waals surface area contributed by atoms with E-state index in [-0.39, 0.29) is 0 Å². The SMILES string of the molecule is C=C(Nc1ccc(Cl)cc1)c1cc(NSC)ccc1C. The summed E-state index contributed by atoms with van der Waals surface area (Å²) in [5.74, 6) is 0. The molecule has 0 bridgehead atoms. The number of anilines is 2. The molecule has 2 rings (SSSR count). The molecule has 0 aliphatic rings. The number of rotatable bonds is 5. The molecule has 0 saturated carbocycles. The monoisotopic (exact) mass is 304 g/mol. The second kappa shape index (κ2) is 6.73. The fourth-order valence-corrected chi connectivity index (χ4v) is 2.39. The summed E-state index contributed by atoms with van der Waals surface area (Å²) in [7, 11) is 0. The number of aryl methyl sites for hydroxylation is 1. The van der Waals surface area contributed by atoms with Crippen molar-refractivity contribution in [2.24, 2.45) is 0 Å². The zero-order valence-electron chi connectivity index (χ0n) is 11.5. The van der Waals surface area contributed by atoms with Crippen molar-refractivity contribution < 1.29 is 0 Å². The van der Waals surface area contributed by atoms with Gasteiger partial charge in [0.05, 0.1) is 0 Å². The van der Waals surface area contributed by atoms with Crippen molar-refractivity contribution in [1.29, 1.82) is 0 Å². The average Bonchev–Trinajstić information content (AvgIpc) is 2.43. The molecular weight excluding hydrogens is 288 g/mol. The van der Waals surface area contributed by atoms with Crippen LogP contribution >= 0.6 is 23.5 Å². The largest absolute Gasteiger partial charge is 0.356 e. The Labute approximate surface area is 129 Å². The summed E-state index contributed by atoms with van der Waals surface area (Å²) >= 11 is 7.46. The third-order valence-electron chi connectivity index (χ3n) is 2.92. The highest BCUT2D eigenvalue weighted by atomic mass is 35.5. The predicted molar refractivity (Wildman–Crippen MR) is 92.4 cm³/mol. The highest BCUT2D eigenvalue weighted by Crippen LogP contribution is 2.25. The summed E-state index contributed by atoms with van der Waals surface area (Å²) in [6.07, 6.45) is 2.00. The van der Waals surface area contributed by atoms with E-state index in [0.717, 1.165) is 27.7 Å². The van der Waals surface area contributed by atoms with E-state index in [4.69, 9.17) is 11.6 Å². The number of halogens is 1. The third-order valence-corrected chi connectivity index (χ3v) is 3.61. The second-order valence-electron chi connectivity index (χ2n) is 4.45. The molecular formula is C16H17ClN2S. The van der Waals surface area contributed by atoms with Crippen LogP contribution in [0.5, 0.6) is 0 Å². The number of hydrogen-bond donors (Lipinski definition) is 2. The fraction of sp³-hybridized carbons (Fsp3) is 0.125. The van der Waals surface area contributed by atoms with Crippen LogP contribution in [0.15, 0.2) is 49.0 Å². The van der Waals surface area contributed by atoms with Gasteiger partial charge < -0.3 is 10.0 Å². The summed E-state index contributed by atoms with van der Waals surface area (Å²) in [6, 6.07) is 13.8. The number of hydrogen-bond acceptors (Lipinski definition) is 3. The van der Waals surface area contributed by atoms with Crippen LogP contribution in [0.3, 0.4) is 0 Å². The quantitative estimate of drug-likeness (QED) is 0.721. The Kier molecular flexibility index (Phi) is 4.99. The fourth-order valence-electron chi connectivity index (χ4n) is 1.90. The maximum atomic E-state index is 5.89. The summed E-state index contributed by atoms with van der Waals surface area (Å²) < 4.78 is 3.23. The lowest BCUT2D eigenvalue weighted by Crippen LogP contribution is -2.00. The van der Waals surface area contributed by atoms with E-state index in [0.29, 0.717) is 0 Å². The maximum absolute atomic E-state index is 5.89. The van der Waals surface area contributed by atoms with E-state index in [9.17, 15) is 0 Å². The standard InChI is InChI=1S/C16H17ClN2S/c1-11-4-7-15(19-20-3)10-16(11)12(2)18-14-8-5-13(17)6-9-14/h4-10,18-19H,2H2,1,3H3. The third kappa shape index (κ3) is 3.71. The van der Waals surface area contributed by atoms with Gasteiger partial charge in [0, 0.05) is 33.9 Å². The molecule has 0 atom stereocenters. The van der Waals surface area contributed by atoms with Crippen LogP contribution in [0.2, 0.25) is 5.02 Å². The van der Waals surface area contributed by atoms with E-state index in [1.165, 1.54) is 5.56 Å². The molecule has 2 nitrogen and oxygen atoms in total. The molecule has 0 unspecified atom stereocenters. The van der Waals surface area contributed by atoms with Crippen LogP contribution < -0.4 is 10.0 Å². The van der Waals surface area contributed by atoms with Crippen molar-refractivity contribution in [3.05, 3.63) is 65.2 Å². The lowest BCUT2D eigenvalue weighted by Gasteiger charge is -2.14. The maximum Gasteiger partial charge on any atom is 0.0446 e. The molecule has 2 aromatic carbocycles. The van der Waals surface area contributed by atoms with Gasteiger partial charge in [0.25, 0.3) is 0 Å². The highest BCUT2D eigenvalue weighted by molar-refractivity contribution is 7.99. The first kappa shape index (κ1) is 14.8. The number of benzene rings is 2. The van der Waals surface area contributed by atoms with Gasteiger partial charge in [0.15, 0.2) is 0 Å². The first-order chi connectivity index (χ1) is 9.60. The molecule has 0 aromatic heterocycles. The van der Waals surface area contributed by atoms with Crippen molar-refractivity contribution in [1.82, 2.24) is 0 Å². The minimum Gasteiger partial charge on any atom is -0.356 e. The average molecular weight is 305 g/mol. The normalized spacial score (nSPS) is 10.2. The molecule has 0 spiro atoms. The van der Waals surface area contributed by atoms with Crippen LogP contribution in [0.1, 0.15) is 11.1 Å². The van der Waals surface area contributed by atoms with E-state index < -0.39 is 0 Å². The minimum absolute atomic E-state index is 0.725. The molecule has 2 N–H and O–H groups in total. The van der Waals surface area contributed by atoms with Gasteiger partial charge in [0.2, 0.25) is 0 Å². The highest BCUT2D eigenvalue weighted by Gasteiger charge is 2.05. The van der Waals surface area contributed by atoms with Gasteiger partial charge in [-0.1, -0.05) is 36.2 Å². The van der Waals surface area contributed by atoms with Crippen molar-refractivity contribution >= 4 is 40.6 Å². The van der Waals surface area contributed by atoms with Gasteiger partial charge >= 0.3 is 0 Å². The summed E-state index contributed by atoms with van der Waals surface area (Å²) in [6.45, 7) is 6.20. The molecule has 104 valence electrons. The Morgan fingerprint density at radius 3 is 2.40 bits per heavy atom. The van der Waals surface area contributed by atoms with Gasteiger partial charge in [-0.05, 0) is 48.9 Å². The van der Waals surface area contributed by atoms with Crippen molar-refractivity contribution in [2.45, 2.75) is 6.92 Å². The van der Waals surface area contributed by atoms with E-state index in [2.05, 4.69) is 41.7 Å². The van der Waals surface area contributed by atoms with Crippen molar-refractivity contribution in [2.75, 3.05) is 16.3 Å². The van der Waals surface area contributed by atoms with Crippen molar-refractivity contribution in [3.8, 4) is 0 Å². The molecule has 0 fully saturated rings. The zero-order valence-corrected chi connectivity index (χ0v) is 13.1. The molecule has 0 saturated heterocycles. The summed E-state index contributed by atoms with van der Waals surface area (Å²) in [5.41, 5.74) is 5.19. The number of nitrogens with one attached hydrogen (secondary N) is 2. The summed E-state index contributed by atoms with van der Waals surface area (Å²) in [5, 5.41) is 4.03. The Hall–Kier alpha value is -1.58. The molecule has 0 amide bonds. The molecule has 0 aliphatic carbocycles. The van der Waals surface area contributed by atoms with Gasteiger partial charge in [0.1, 0.15) is 0 Å². The zero-order chi connectivity index (χ0) is 14.5. The van der Waals surface area contributed by atoms with Crippen LogP contribution in [0, 0.1) is 6.92 Å². The van der Waals surface area contributed by atoms with E-state index in [1.54, 1.807) is 11.9 Å². The van der Waals surface area contributed by atoms with Gasteiger partial charge in [-0.3, -0.25) is 0 Å². The molecule has 4 heteroatoms. The first-order valence-electron chi connectivity index (χ1n) is 6.21. The van der Waals surface area contributed by atoms with Crippen LogP contribution in [-0.2, 0) is 0 Å². The smallest absolute Gasteiger partial charge is 0.0446 e. The van der Waals surface area contributed by atoms with Gasteiger partial charge in [-0.15, -0.1) is 0 Å². The Bertz CT molecular complexity index is 608. The molecule has 2 aromatic rings. The Balaban J connectivity index is 2.19. The molecule has 0 aliphatic heterocycles. The van der Waals surface area contributed by atoms with Gasteiger partial charge in [-0.25, -0.2) is 0 Å². The molecule has 0 radical (unpaired) electrons. The molecule has 0 heterocycles.